The molecule has 4 rings (SSSR count). The number of ether oxygens (including phenoxy) is 1. The predicted molar refractivity (Wildman–Crippen MR) is 172 cm³/mol. The van der Waals surface area contributed by atoms with Crippen LogP contribution >= 0.6 is 0 Å². The number of carbonyl (C=O) groups is 2. The van der Waals surface area contributed by atoms with Crippen molar-refractivity contribution in [2.24, 2.45) is 9.78 Å². The molecule has 0 aliphatic heterocycles. The number of amides is 2. The number of halogens is 1. The van der Waals surface area contributed by atoms with Crippen LogP contribution in [0.25, 0.3) is 11.1 Å². The van der Waals surface area contributed by atoms with Crippen molar-refractivity contribution in [1.82, 2.24) is 4.98 Å². The first kappa shape index (κ1) is 32.3. The largest absolute Gasteiger partial charge is 0.444 e. The van der Waals surface area contributed by atoms with Gasteiger partial charge >= 0.3 is 6.09 Å². The second kappa shape index (κ2) is 13.0. The van der Waals surface area contributed by atoms with Gasteiger partial charge in [-0.1, -0.05) is 45.0 Å². The third kappa shape index (κ3) is 8.50. The molecule has 0 saturated carbocycles. The number of anilines is 2. The Bertz CT molecular complexity index is 1750. The molecule has 0 bridgehead atoms. The lowest BCUT2D eigenvalue weighted by Crippen LogP contribution is -2.27. The lowest BCUT2D eigenvalue weighted by molar-refractivity contribution is 0.0635. The molecule has 0 aliphatic rings. The Morgan fingerprint density at radius 3 is 2.09 bits per heavy atom. The number of hydrogen-bond donors (Lipinski definition) is 2. The zero-order valence-corrected chi connectivity index (χ0v) is 26.5. The first-order chi connectivity index (χ1) is 20.6. The molecule has 2 N–H and O–H groups in total. The highest BCUT2D eigenvalue weighted by Gasteiger charge is 2.22. The van der Waals surface area contributed by atoms with E-state index in [4.69, 9.17) is 4.74 Å². The summed E-state index contributed by atoms with van der Waals surface area (Å²) in [6, 6.07) is 22.6. The number of benzene rings is 3. The fourth-order valence-corrected chi connectivity index (χ4v) is 6.10. The molecule has 1 aromatic heterocycles. The third-order valence-corrected chi connectivity index (χ3v) is 8.37. The van der Waals surface area contributed by atoms with Crippen molar-refractivity contribution in [1.29, 1.82) is 0 Å². The van der Waals surface area contributed by atoms with Gasteiger partial charge in [0.1, 0.15) is 26.2 Å². The van der Waals surface area contributed by atoms with Gasteiger partial charge in [-0.15, -0.1) is 0 Å². The smallest absolute Gasteiger partial charge is 0.412 e. The summed E-state index contributed by atoms with van der Waals surface area (Å²) in [5.74, 6) is -0.830. The maximum atomic E-state index is 14.2. The van der Waals surface area contributed by atoms with E-state index in [-0.39, 0.29) is 11.2 Å². The number of nitrogens with zero attached hydrogens (tertiary/aromatic N) is 2. The standard InChI is InChI=1S/C34H37FN4O4S/c1-33(2,3)22-37-44(42,30-9-7-8-20-36-30)27-17-12-24(13-18-27)31(40)38-29-21-25(23-10-15-26(35)16-11-23)14-19-28(29)39-32(41)43-34(4,5)6/h7-21H,22H2,1-6H3,(H,38,40)(H,39,41). The molecule has 2 amide bonds. The monoisotopic (exact) mass is 616 g/mol. The number of rotatable bonds is 7. The zero-order chi connectivity index (χ0) is 32.1. The van der Waals surface area contributed by atoms with Crippen molar-refractivity contribution >= 4 is 33.1 Å². The molecule has 0 fully saturated rings. The molecule has 44 heavy (non-hydrogen) atoms. The van der Waals surface area contributed by atoms with E-state index in [1.54, 1.807) is 99.8 Å². The SMILES string of the molecule is CC(C)(C)CN=S(=O)(c1ccc(C(=O)Nc2cc(-c3ccc(F)cc3)ccc2NC(=O)OC(C)(C)C)cc1)c1ccccn1. The Morgan fingerprint density at radius 2 is 1.50 bits per heavy atom. The van der Waals surface area contributed by atoms with Gasteiger partial charge in [0.2, 0.25) is 0 Å². The van der Waals surface area contributed by atoms with Gasteiger partial charge in [-0.2, -0.15) is 0 Å². The van der Waals surface area contributed by atoms with Crippen LogP contribution in [0.1, 0.15) is 51.9 Å². The van der Waals surface area contributed by atoms with E-state index < -0.39 is 27.3 Å². The van der Waals surface area contributed by atoms with Crippen LogP contribution in [-0.4, -0.2) is 33.3 Å². The maximum absolute atomic E-state index is 14.2. The third-order valence-electron chi connectivity index (χ3n) is 6.16. The number of aromatic nitrogens is 1. The summed E-state index contributed by atoms with van der Waals surface area (Å²) >= 11 is 0. The highest BCUT2D eigenvalue weighted by molar-refractivity contribution is 7.93. The summed E-state index contributed by atoms with van der Waals surface area (Å²) in [6.45, 7) is 11.6. The summed E-state index contributed by atoms with van der Waals surface area (Å²) < 4.78 is 37.8. The molecule has 1 unspecified atom stereocenters. The minimum atomic E-state index is -3.06. The summed E-state index contributed by atoms with van der Waals surface area (Å²) in [6.07, 6.45) is 0.891. The second-order valence-electron chi connectivity index (χ2n) is 12.4. The van der Waals surface area contributed by atoms with Crippen molar-refractivity contribution in [3.63, 3.8) is 0 Å². The van der Waals surface area contributed by atoms with E-state index in [2.05, 4.69) is 20.0 Å². The highest BCUT2D eigenvalue weighted by Crippen LogP contribution is 2.31. The van der Waals surface area contributed by atoms with Gasteiger partial charge in [0.15, 0.2) is 0 Å². The van der Waals surface area contributed by atoms with E-state index in [0.717, 1.165) is 5.56 Å². The van der Waals surface area contributed by atoms with Gasteiger partial charge in [-0.3, -0.25) is 10.1 Å². The first-order valence-electron chi connectivity index (χ1n) is 14.1. The Hall–Kier alpha value is -4.57. The Morgan fingerprint density at radius 1 is 0.841 bits per heavy atom. The van der Waals surface area contributed by atoms with Crippen molar-refractivity contribution in [2.75, 3.05) is 17.2 Å². The van der Waals surface area contributed by atoms with Crippen molar-refractivity contribution < 1.29 is 22.9 Å². The van der Waals surface area contributed by atoms with Gasteiger partial charge < -0.3 is 10.1 Å². The average molecular weight is 617 g/mol. The van der Waals surface area contributed by atoms with Crippen LogP contribution in [0.5, 0.6) is 0 Å². The van der Waals surface area contributed by atoms with Crippen LogP contribution in [0.2, 0.25) is 0 Å². The molecule has 0 saturated heterocycles. The van der Waals surface area contributed by atoms with Gasteiger partial charge in [0.25, 0.3) is 5.91 Å². The lowest BCUT2D eigenvalue weighted by Gasteiger charge is -2.21. The van der Waals surface area contributed by atoms with E-state index in [0.29, 0.717) is 39.0 Å². The molecule has 0 spiro atoms. The minimum absolute atomic E-state index is 0.190. The molecule has 0 radical (unpaired) electrons. The first-order valence-corrected chi connectivity index (χ1v) is 15.6. The zero-order valence-electron chi connectivity index (χ0n) is 25.7. The van der Waals surface area contributed by atoms with Gasteiger partial charge in [0, 0.05) is 11.8 Å². The lowest BCUT2D eigenvalue weighted by atomic mass is 9.98. The Labute approximate surface area is 258 Å². The molecule has 10 heteroatoms. The molecule has 4 aromatic rings. The van der Waals surface area contributed by atoms with Crippen LogP contribution in [0.3, 0.4) is 0 Å². The minimum Gasteiger partial charge on any atom is -0.444 e. The second-order valence-corrected chi connectivity index (χ2v) is 14.6. The highest BCUT2D eigenvalue weighted by atomic mass is 32.2. The topological polar surface area (TPSA) is 110 Å². The van der Waals surface area contributed by atoms with Gasteiger partial charge in [-0.25, -0.2) is 22.7 Å². The quantitative estimate of drug-likeness (QED) is 0.217. The van der Waals surface area contributed by atoms with E-state index in [1.165, 1.54) is 12.1 Å². The number of pyridine rings is 1. The predicted octanol–water partition coefficient (Wildman–Crippen LogP) is 8.42. The van der Waals surface area contributed by atoms with E-state index >= 15 is 0 Å². The molecular weight excluding hydrogens is 579 g/mol. The van der Waals surface area contributed by atoms with Crippen LogP contribution in [0, 0.1) is 11.2 Å². The average Bonchev–Trinajstić information content (AvgIpc) is 2.96. The summed E-state index contributed by atoms with van der Waals surface area (Å²) in [7, 11) is -3.06. The summed E-state index contributed by atoms with van der Waals surface area (Å²) in [5, 5.41) is 5.90. The molecule has 3 aromatic carbocycles. The van der Waals surface area contributed by atoms with Crippen molar-refractivity contribution in [2.45, 2.75) is 57.1 Å². The summed E-state index contributed by atoms with van der Waals surface area (Å²) in [4.78, 5) is 30.8. The fraction of sp³-hybridized carbons (Fsp3) is 0.265. The summed E-state index contributed by atoms with van der Waals surface area (Å²) in [5.41, 5.74) is 1.42. The van der Waals surface area contributed by atoms with Crippen LogP contribution in [0.4, 0.5) is 20.6 Å². The fourth-order valence-electron chi connectivity index (χ4n) is 4.03. The molecule has 8 nitrogen and oxygen atoms in total. The number of carbonyl (C=O) groups excluding carboxylic acids is 2. The van der Waals surface area contributed by atoms with Gasteiger partial charge in [-0.05, 0) is 98.0 Å². The molecule has 1 atom stereocenters. The van der Waals surface area contributed by atoms with Crippen molar-refractivity contribution in [3.8, 4) is 11.1 Å². The van der Waals surface area contributed by atoms with Gasteiger partial charge in [0.05, 0.1) is 22.8 Å². The van der Waals surface area contributed by atoms with Crippen LogP contribution in [0.15, 0.2) is 105 Å². The van der Waals surface area contributed by atoms with Crippen LogP contribution < -0.4 is 10.6 Å². The van der Waals surface area contributed by atoms with Crippen molar-refractivity contribution in [3.05, 3.63) is 103 Å². The van der Waals surface area contributed by atoms with Crippen LogP contribution in [-0.2, 0) is 14.5 Å². The molecule has 1 heterocycles. The Balaban J connectivity index is 1.66. The number of nitrogens with one attached hydrogen (secondary N) is 2. The normalized spacial score (nSPS) is 13.0. The van der Waals surface area contributed by atoms with E-state index in [1.807, 2.05) is 20.8 Å². The maximum Gasteiger partial charge on any atom is 0.412 e. The van der Waals surface area contributed by atoms with E-state index in [9.17, 15) is 18.2 Å². The molecule has 0 aliphatic carbocycles. The molecule has 230 valence electrons. The Kier molecular flexibility index (Phi) is 9.53. The number of hydrogen-bond acceptors (Lipinski definition) is 6. The molecular formula is C34H37FN4O4S.